The van der Waals surface area contributed by atoms with Crippen molar-refractivity contribution in [1.29, 1.82) is 0 Å². The summed E-state index contributed by atoms with van der Waals surface area (Å²) in [5.41, 5.74) is 0.107. The van der Waals surface area contributed by atoms with Crippen LogP contribution in [-0.4, -0.2) is 20.6 Å². The van der Waals surface area contributed by atoms with Crippen LogP contribution in [0.4, 0.5) is 14.5 Å². The molecule has 23 heavy (non-hydrogen) atoms. The number of anilines is 1. The normalized spacial score (nSPS) is 19.3. The first kappa shape index (κ1) is 17.3. The van der Waals surface area contributed by atoms with Crippen molar-refractivity contribution in [2.24, 2.45) is 9.98 Å². The van der Waals surface area contributed by atoms with Gasteiger partial charge < -0.3 is 12.4 Å². The van der Waals surface area contributed by atoms with Crippen LogP contribution in [0.1, 0.15) is 6.92 Å². The van der Waals surface area contributed by atoms with Crippen LogP contribution in [-0.2, 0) is 10.0 Å². The van der Waals surface area contributed by atoms with Gasteiger partial charge in [-0.1, -0.05) is 6.07 Å². The number of fused-ring (bicyclic) bond motifs is 1. The van der Waals surface area contributed by atoms with Crippen molar-refractivity contribution < 1.29 is 34.5 Å². The molecule has 2 N–H and O–H groups in total. The Labute approximate surface area is 137 Å². The molecular weight excluding hydrogens is 350 g/mol. The molecule has 0 bridgehead atoms. The summed E-state index contributed by atoms with van der Waals surface area (Å²) >= 11 is 0. The molecule has 0 aromatic heterocycles. The van der Waals surface area contributed by atoms with E-state index in [1.807, 2.05) is 4.72 Å². The summed E-state index contributed by atoms with van der Waals surface area (Å²) in [5.74, 6) is -1.76. The number of quaternary nitrogens is 1. The number of benzene rings is 1. The van der Waals surface area contributed by atoms with Gasteiger partial charge in [-0.3, -0.25) is 4.72 Å². The zero-order valence-corrected chi connectivity index (χ0v) is 13.3. The molecule has 2 aliphatic rings. The second-order valence-electron chi connectivity index (χ2n) is 4.72. The number of guanidine groups is 1. The average molecular weight is 361 g/mol. The maximum atomic E-state index is 13.6. The van der Waals surface area contributed by atoms with Crippen molar-refractivity contribution in [3.8, 4) is 0 Å². The Kier molecular flexibility index (Phi) is 4.64. The zero-order valence-electron chi connectivity index (χ0n) is 11.7. The van der Waals surface area contributed by atoms with Crippen LogP contribution in [0.5, 0.6) is 0 Å². The second kappa shape index (κ2) is 6.19. The van der Waals surface area contributed by atoms with Gasteiger partial charge in [0.1, 0.15) is 29.7 Å². The minimum Gasteiger partial charge on any atom is -1.00 e. The average Bonchev–Trinajstić information content (AvgIpc) is 2.87. The Hall–Kier alpha value is -2.10. The van der Waals surface area contributed by atoms with E-state index < -0.39 is 27.3 Å². The van der Waals surface area contributed by atoms with E-state index in [1.54, 1.807) is 19.3 Å². The van der Waals surface area contributed by atoms with Crippen molar-refractivity contribution in [3.63, 3.8) is 0 Å². The lowest BCUT2D eigenvalue weighted by atomic mass is 10.3. The Bertz CT molecular complexity index is 858. The molecule has 0 amide bonds. The smallest absolute Gasteiger partial charge is 0.338 e. The Morgan fingerprint density at radius 3 is 2.48 bits per heavy atom. The lowest BCUT2D eigenvalue weighted by molar-refractivity contribution is -0.682. The molecule has 0 saturated heterocycles. The lowest BCUT2D eigenvalue weighted by Crippen LogP contribution is -3.05. The number of para-hydroxylation sites is 1. The summed E-state index contributed by atoms with van der Waals surface area (Å²) in [5, 5.41) is -0.344. The molecule has 1 aromatic rings. The standard InChI is InChI=1S/C13H10F2N4O2S.ClH/c1-8-5-16-13-17-11(7-19(13)6-8)22(20,21)18-12-9(14)3-2-4-10(12)15;/h2-7,18H,1H3;1H. The van der Waals surface area contributed by atoms with E-state index in [9.17, 15) is 17.2 Å². The van der Waals surface area contributed by atoms with Crippen LogP contribution in [0.25, 0.3) is 0 Å². The van der Waals surface area contributed by atoms with Crippen LogP contribution in [0.2, 0.25) is 0 Å². The molecule has 0 spiro atoms. The quantitative estimate of drug-likeness (QED) is 0.639. The maximum Gasteiger partial charge on any atom is 0.338 e. The number of halogens is 3. The molecular formula is C13H11ClF2N4O2S. The topological polar surface area (TPSA) is 75.3 Å². The first-order chi connectivity index (χ1) is 10.4. The molecule has 0 fully saturated rings. The number of rotatable bonds is 3. The van der Waals surface area contributed by atoms with E-state index in [2.05, 4.69) is 9.98 Å². The first-order valence-electron chi connectivity index (χ1n) is 6.24. The summed E-state index contributed by atoms with van der Waals surface area (Å²) in [6.07, 6.45) is 4.57. The van der Waals surface area contributed by atoms with Crippen molar-refractivity contribution in [2.75, 3.05) is 4.72 Å². The van der Waals surface area contributed by atoms with Gasteiger partial charge >= 0.3 is 5.96 Å². The monoisotopic (exact) mass is 360 g/mol. The number of allylic oxidation sites excluding steroid dienone is 1. The molecule has 10 heteroatoms. The van der Waals surface area contributed by atoms with E-state index in [4.69, 9.17) is 0 Å². The minimum absolute atomic E-state index is 0. The first-order valence-corrected chi connectivity index (χ1v) is 7.72. The van der Waals surface area contributed by atoms with E-state index in [0.717, 1.165) is 23.8 Å². The Morgan fingerprint density at radius 1 is 1.17 bits per heavy atom. The zero-order chi connectivity index (χ0) is 15.9. The summed E-state index contributed by atoms with van der Waals surface area (Å²) in [6.45, 7) is 1.81. The second-order valence-corrected chi connectivity index (χ2v) is 6.35. The number of nitrogens with one attached hydrogen (secondary N) is 2. The SMILES string of the molecule is CC1=C[NH+]2C=C(S(=O)(=O)Nc3c(F)cccc3F)N=C2N=C1.[Cl-]. The van der Waals surface area contributed by atoms with Crippen molar-refractivity contribution in [1.82, 2.24) is 0 Å². The minimum atomic E-state index is -4.21. The molecule has 0 radical (unpaired) electrons. The highest BCUT2D eigenvalue weighted by Gasteiger charge is 2.32. The van der Waals surface area contributed by atoms with Crippen LogP contribution in [0.3, 0.4) is 0 Å². The van der Waals surface area contributed by atoms with E-state index in [-0.39, 0.29) is 23.4 Å². The third-order valence-electron chi connectivity index (χ3n) is 3.00. The molecule has 0 aliphatic carbocycles. The van der Waals surface area contributed by atoms with Crippen LogP contribution in [0, 0.1) is 11.6 Å². The number of hydrogen-bond acceptors (Lipinski definition) is 4. The molecule has 122 valence electrons. The van der Waals surface area contributed by atoms with Gasteiger partial charge in [-0.15, -0.1) is 0 Å². The van der Waals surface area contributed by atoms with Crippen LogP contribution >= 0.6 is 0 Å². The molecule has 3 rings (SSSR count). The Balaban J connectivity index is 0.00000192. The van der Waals surface area contributed by atoms with Gasteiger partial charge in [0.05, 0.1) is 0 Å². The van der Waals surface area contributed by atoms with Gasteiger partial charge in [-0.25, -0.2) is 13.7 Å². The fourth-order valence-electron chi connectivity index (χ4n) is 1.97. The fraction of sp³-hybridized carbons (Fsp3) is 0.0769. The predicted octanol–water partition coefficient (Wildman–Crippen LogP) is -2.25. The van der Waals surface area contributed by atoms with Gasteiger partial charge in [0.25, 0.3) is 10.0 Å². The highest BCUT2D eigenvalue weighted by molar-refractivity contribution is 7.96. The van der Waals surface area contributed by atoms with Crippen molar-refractivity contribution >= 4 is 27.9 Å². The predicted molar refractivity (Wildman–Crippen MR) is 77.6 cm³/mol. The molecule has 1 atom stereocenters. The number of sulfonamides is 1. The van der Waals surface area contributed by atoms with Gasteiger partial charge in [-0.05, 0) is 19.1 Å². The van der Waals surface area contributed by atoms with Gasteiger partial charge in [0.2, 0.25) is 5.03 Å². The molecule has 1 unspecified atom stereocenters. The third kappa shape index (κ3) is 3.31. The molecule has 0 saturated carbocycles. The third-order valence-corrected chi connectivity index (χ3v) is 4.23. The van der Waals surface area contributed by atoms with Gasteiger partial charge in [0, 0.05) is 11.8 Å². The van der Waals surface area contributed by atoms with E-state index >= 15 is 0 Å². The van der Waals surface area contributed by atoms with E-state index in [0.29, 0.717) is 4.90 Å². The summed E-state index contributed by atoms with van der Waals surface area (Å²) in [4.78, 5) is 8.42. The largest absolute Gasteiger partial charge is 1.00 e. The van der Waals surface area contributed by atoms with E-state index in [1.165, 1.54) is 6.20 Å². The Morgan fingerprint density at radius 2 is 1.83 bits per heavy atom. The molecule has 2 aliphatic heterocycles. The fourth-order valence-corrected chi connectivity index (χ4v) is 3.03. The number of nitrogens with zero attached hydrogens (tertiary/aromatic N) is 2. The van der Waals surface area contributed by atoms with Crippen LogP contribution in [0.15, 0.2) is 51.2 Å². The lowest BCUT2D eigenvalue weighted by Gasteiger charge is -2.07. The van der Waals surface area contributed by atoms with Gasteiger partial charge in [-0.2, -0.15) is 18.4 Å². The molecule has 1 aromatic carbocycles. The van der Waals surface area contributed by atoms with Crippen LogP contribution < -0.4 is 22.0 Å². The summed E-state index contributed by atoms with van der Waals surface area (Å²) in [6, 6.07) is 3.06. The van der Waals surface area contributed by atoms with Crippen molar-refractivity contribution in [3.05, 3.63) is 52.8 Å². The highest BCUT2D eigenvalue weighted by Crippen LogP contribution is 2.22. The molecule has 2 heterocycles. The molecule has 6 nitrogen and oxygen atoms in total. The number of aliphatic imine (C=N–C) groups is 2. The van der Waals surface area contributed by atoms with Gasteiger partial charge in [0.15, 0.2) is 0 Å². The summed E-state index contributed by atoms with van der Waals surface area (Å²) < 4.78 is 53.4. The summed E-state index contributed by atoms with van der Waals surface area (Å²) in [7, 11) is -4.21. The highest BCUT2D eigenvalue weighted by atomic mass is 35.5. The maximum absolute atomic E-state index is 13.6. The number of hydrogen-bond donors (Lipinski definition) is 2. The van der Waals surface area contributed by atoms with Crippen molar-refractivity contribution in [2.45, 2.75) is 6.92 Å².